The molecule has 0 aliphatic carbocycles. The zero-order valence-electron chi connectivity index (χ0n) is 68.4. The van der Waals surface area contributed by atoms with E-state index in [1.54, 1.807) is 13.2 Å². The molecule has 611 valence electrons. The number of azo groups is 2. The number of anilines is 1. The number of nitriles is 1. The van der Waals surface area contributed by atoms with Crippen LogP contribution in [0, 0.1) is 11.3 Å². The Kier molecular flexibility index (Phi) is 58.4. The summed E-state index contributed by atoms with van der Waals surface area (Å²) in [5, 5.41) is 41.5. The minimum Gasteiger partial charge on any atom is -0.514 e. The number of para-hydroxylation sites is 1. The Morgan fingerprint density at radius 1 is 0.514 bits per heavy atom. The number of unbranched alkanes of at least 4 members (excludes halogenated alkanes) is 40. The van der Waals surface area contributed by atoms with Gasteiger partial charge in [0.25, 0.3) is 0 Å². The van der Waals surface area contributed by atoms with Gasteiger partial charge in [-0.1, -0.05) is 326 Å². The summed E-state index contributed by atoms with van der Waals surface area (Å²) in [5.74, 6) is 2.69. The number of methoxy groups -OCH3 is 1. The molecule has 0 amide bonds. The van der Waals surface area contributed by atoms with Crippen LogP contribution in [0.2, 0.25) is 0 Å². The topological polar surface area (TPSA) is 188 Å². The first kappa shape index (κ1) is 96.5. The van der Waals surface area contributed by atoms with Gasteiger partial charge in [-0.2, -0.15) is 5.26 Å². The minimum absolute atomic E-state index is 0. The monoisotopic (exact) mass is 1570 g/mol. The SMILES string of the molecule is CCCCCCCCCCCCCCCCCCOc1ccc(CCOC(=O)/C(C#N)=C\O)cc1.CCCCCCCCCCCCCCCCCCOc1ccc(CCOC(=O)/C=C(/C)O)cc1.CCCCCCCCN(CCCCCCCC)c1ccc(/C=C2\CN=[N+]3C2=NN=C3c2ccccc2OC)s1.[Cu]. The van der Waals surface area contributed by atoms with E-state index in [0.29, 0.717) is 32.3 Å². The van der Waals surface area contributed by atoms with E-state index in [9.17, 15) is 9.59 Å². The first-order chi connectivity index (χ1) is 53.1. The molecule has 0 bridgehead atoms. The Balaban J connectivity index is 0.000000424. The quantitative estimate of drug-likeness (QED) is 0.00814. The molecule has 2 N–H and O–H groups in total. The number of nitrogens with zero attached hydrogens (tertiary/aromatic N) is 6. The number of ether oxygens (including phenoxy) is 5. The van der Waals surface area contributed by atoms with Crippen LogP contribution in [-0.2, 0) is 49.0 Å². The molecule has 6 rings (SSSR count). The number of carbonyl (C=O) groups is 2. The molecule has 4 aromatic rings. The molecule has 17 heteroatoms. The van der Waals surface area contributed by atoms with Gasteiger partial charge in [0.05, 0.1) is 71.7 Å². The Hall–Kier alpha value is -6.73. The molecule has 109 heavy (non-hydrogen) atoms. The second-order valence-corrected chi connectivity index (χ2v) is 30.5. The molecule has 0 atom stereocenters. The second-order valence-electron chi connectivity index (χ2n) is 29.4. The van der Waals surface area contributed by atoms with Crippen LogP contribution in [0.25, 0.3) is 6.08 Å². The molecular weight excluding hydrogens is 1430 g/mol. The van der Waals surface area contributed by atoms with Crippen molar-refractivity contribution >= 4 is 46.0 Å². The predicted octanol–water partition coefficient (Wildman–Crippen LogP) is 26.2. The van der Waals surface area contributed by atoms with Crippen LogP contribution in [0.5, 0.6) is 17.2 Å². The van der Waals surface area contributed by atoms with Crippen LogP contribution in [0.4, 0.5) is 5.00 Å². The summed E-state index contributed by atoms with van der Waals surface area (Å²) in [6.45, 7) is 15.4. The zero-order valence-corrected chi connectivity index (χ0v) is 70.2. The van der Waals surface area contributed by atoms with E-state index < -0.39 is 17.5 Å². The van der Waals surface area contributed by atoms with Gasteiger partial charge in [0, 0.05) is 47.9 Å². The van der Waals surface area contributed by atoms with Crippen molar-refractivity contribution in [3.05, 3.63) is 136 Å². The maximum Gasteiger partial charge on any atom is 0.352 e. The number of allylic oxidation sites excluding steroid dienone is 1. The van der Waals surface area contributed by atoms with E-state index in [1.165, 1.54) is 286 Å². The Morgan fingerprint density at radius 3 is 1.31 bits per heavy atom. The molecule has 0 fully saturated rings. The number of esters is 2. The fraction of sp³-hybridized carbons (Fsp3) is 0.641. The first-order valence-corrected chi connectivity index (χ1v) is 43.6. The summed E-state index contributed by atoms with van der Waals surface area (Å²) in [6.07, 6.45) is 64.8. The normalized spacial score (nSPS) is 12.7. The number of thiophene rings is 1. The van der Waals surface area contributed by atoms with Gasteiger partial charge in [0.1, 0.15) is 36.1 Å². The van der Waals surface area contributed by atoms with Gasteiger partial charge in [0.2, 0.25) is 0 Å². The van der Waals surface area contributed by atoms with Crippen molar-refractivity contribution < 1.29 is 65.3 Å². The molecule has 1 aromatic heterocycles. The van der Waals surface area contributed by atoms with Crippen LogP contribution >= 0.6 is 11.3 Å². The van der Waals surface area contributed by atoms with Crippen LogP contribution in [0.3, 0.4) is 0 Å². The Labute approximate surface area is 674 Å². The van der Waals surface area contributed by atoms with Crippen molar-refractivity contribution in [2.75, 3.05) is 58.1 Å². The largest absolute Gasteiger partial charge is 0.514 e. The first-order valence-electron chi connectivity index (χ1n) is 42.8. The number of fused-ring (bicyclic) bond motifs is 1. The van der Waals surface area contributed by atoms with Crippen LogP contribution in [-0.4, -0.2) is 91.7 Å². The molecule has 0 unspecified atom stereocenters. The molecule has 0 saturated carbocycles. The molecule has 0 saturated heterocycles. The Morgan fingerprint density at radius 2 is 0.908 bits per heavy atom. The van der Waals surface area contributed by atoms with Gasteiger partial charge in [-0.3, -0.25) is 0 Å². The number of rotatable bonds is 62. The van der Waals surface area contributed by atoms with E-state index in [-0.39, 0.29) is 29.4 Å². The molecule has 3 heterocycles. The summed E-state index contributed by atoms with van der Waals surface area (Å²) < 4.78 is 29.1. The van der Waals surface area contributed by atoms with Crippen LogP contribution < -0.4 is 19.1 Å². The summed E-state index contributed by atoms with van der Waals surface area (Å²) in [6, 6.07) is 29.7. The number of aliphatic hydroxyl groups is 2. The number of hydrogen-bond donors (Lipinski definition) is 2. The zero-order chi connectivity index (χ0) is 77.4. The van der Waals surface area contributed by atoms with Crippen molar-refractivity contribution in [2.45, 2.75) is 330 Å². The van der Waals surface area contributed by atoms with Crippen LogP contribution in [0.1, 0.15) is 339 Å². The number of hydrogen-bond acceptors (Lipinski definition) is 15. The molecule has 2 aliphatic heterocycles. The third-order valence-electron chi connectivity index (χ3n) is 19.9. The third-order valence-corrected chi connectivity index (χ3v) is 21.0. The van der Waals surface area contributed by atoms with E-state index >= 15 is 0 Å². The molecule has 0 spiro atoms. The fourth-order valence-corrected chi connectivity index (χ4v) is 14.4. The van der Waals surface area contributed by atoms with E-state index in [1.807, 2.05) is 88.8 Å². The molecule has 2 aliphatic rings. The van der Waals surface area contributed by atoms with Gasteiger partial charge in [-0.25, -0.2) is 9.59 Å². The molecule has 3 aromatic carbocycles. The van der Waals surface area contributed by atoms with Crippen molar-refractivity contribution in [3.63, 3.8) is 0 Å². The van der Waals surface area contributed by atoms with Gasteiger partial charge < -0.3 is 38.8 Å². The maximum atomic E-state index is 11.5. The summed E-state index contributed by atoms with van der Waals surface area (Å²) in [7, 11) is 1.68. The van der Waals surface area contributed by atoms with Crippen molar-refractivity contribution in [2.24, 2.45) is 15.3 Å². The van der Waals surface area contributed by atoms with Gasteiger partial charge >= 0.3 is 23.6 Å². The number of aliphatic hydroxyl groups excluding tert-OH is 2. The smallest absolute Gasteiger partial charge is 0.352 e. The predicted molar refractivity (Wildman–Crippen MR) is 451 cm³/mol. The molecular formula is C92H143CuN6O9S+. The number of benzene rings is 3. The van der Waals surface area contributed by atoms with Crippen LogP contribution in [0.15, 0.2) is 129 Å². The van der Waals surface area contributed by atoms with E-state index in [2.05, 4.69) is 61.0 Å². The van der Waals surface area contributed by atoms with E-state index in [0.717, 1.165) is 96.4 Å². The van der Waals surface area contributed by atoms with Crippen molar-refractivity contribution in [1.82, 2.24) is 0 Å². The third kappa shape index (κ3) is 46.0. The summed E-state index contributed by atoms with van der Waals surface area (Å²) in [4.78, 5) is 26.7. The minimum atomic E-state index is -0.811. The molecule has 1 radical (unpaired) electrons. The summed E-state index contributed by atoms with van der Waals surface area (Å²) in [5.41, 5.74) is 3.71. The number of carbonyl (C=O) groups excluding carboxylic acids is 2. The van der Waals surface area contributed by atoms with Gasteiger partial charge in [-0.05, 0) is 98.3 Å². The van der Waals surface area contributed by atoms with Gasteiger partial charge in [-0.15, -0.1) is 16.5 Å². The standard InChI is InChI=1S/C32H46N5OS.C30H47NO4.C30H50O4.Cu/c1-4-6-8-10-12-16-22-36(23-17-13-11-9-7-5-2)30-21-20-27(39-30)24-26-25-33-37-31(26)34-35-32(37)28-18-14-15-19-29(28)38-3;1-2-3-4-5-6-7-8-9-10-11-12-13-14-15-16-17-23-34-29-20-18-27(19-21-29)22-24-35-30(33)28(25-31)26-32;1-3-4-5-6-7-8-9-10-11-12-13-14-15-16-17-18-24-33-29-21-19-28(20-22-29)23-25-34-30(32)26-27(2)31;/h14-15,18-21,24H,4-13,16-17,22-23,25H2,1-3H3;18-21,26,32H,2-17,22-24H2,1H3;19-22,26,31H,3-18,23-25H2,1-2H3;/q+1;;;/b26-24+;28-26-;27-26-;. The van der Waals surface area contributed by atoms with Crippen molar-refractivity contribution in [3.8, 4) is 23.3 Å². The van der Waals surface area contributed by atoms with Crippen molar-refractivity contribution in [1.29, 1.82) is 5.26 Å². The average molecular weight is 1570 g/mol. The summed E-state index contributed by atoms with van der Waals surface area (Å²) >= 11 is 1.89. The molecule has 15 nitrogen and oxygen atoms in total. The second kappa shape index (κ2) is 65.9. The maximum absolute atomic E-state index is 11.5. The Bertz CT molecular complexity index is 3190. The average Bonchev–Trinajstić information content (AvgIpc) is 1.63. The number of amidine groups is 2. The van der Waals surface area contributed by atoms with E-state index in [4.69, 9.17) is 44.3 Å². The fourth-order valence-electron chi connectivity index (χ4n) is 13.3. The van der Waals surface area contributed by atoms with Gasteiger partial charge in [0.15, 0.2) is 5.57 Å².